The lowest BCUT2D eigenvalue weighted by Crippen LogP contribution is -2.32. The zero-order chi connectivity index (χ0) is 14.1. The molecule has 1 heterocycles. The second-order valence-corrected chi connectivity index (χ2v) is 4.94. The molecule has 20 heavy (non-hydrogen) atoms. The summed E-state index contributed by atoms with van der Waals surface area (Å²) in [7, 11) is 1.76. The van der Waals surface area contributed by atoms with Crippen molar-refractivity contribution in [1.29, 1.82) is 0 Å². The fourth-order valence-electron chi connectivity index (χ4n) is 2.25. The van der Waals surface area contributed by atoms with Gasteiger partial charge in [0.05, 0.1) is 6.20 Å². The lowest BCUT2D eigenvalue weighted by atomic mass is 10.1. The minimum atomic E-state index is -0.247. The number of nitrogens with one attached hydrogen (secondary N) is 2. The van der Waals surface area contributed by atoms with Crippen molar-refractivity contribution >= 4 is 11.8 Å². The SMILES string of the molecule is Cn1nccc1NC(=O)N[C@@H]1C[C@H]1c1ccc(F)cc1. The summed E-state index contributed by atoms with van der Waals surface area (Å²) in [5.74, 6) is 0.669. The molecule has 2 atom stereocenters. The molecule has 1 aromatic carbocycles. The van der Waals surface area contributed by atoms with E-state index in [1.54, 1.807) is 36.1 Å². The second kappa shape index (κ2) is 4.96. The van der Waals surface area contributed by atoms with Crippen molar-refractivity contribution in [3.63, 3.8) is 0 Å². The van der Waals surface area contributed by atoms with E-state index >= 15 is 0 Å². The number of aromatic nitrogens is 2. The van der Waals surface area contributed by atoms with Crippen LogP contribution in [0, 0.1) is 5.82 Å². The molecule has 2 amide bonds. The first kappa shape index (κ1) is 12.7. The summed E-state index contributed by atoms with van der Waals surface area (Å²) >= 11 is 0. The molecule has 0 aliphatic heterocycles. The van der Waals surface area contributed by atoms with Crippen LogP contribution in [0.4, 0.5) is 15.0 Å². The zero-order valence-corrected chi connectivity index (χ0v) is 11.0. The first-order valence-corrected chi connectivity index (χ1v) is 6.44. The number of hydrogen-bond acceptors (Lipinski definition) is 2. The van der Waals surface area contributed by atoms with E-state index in [-0.39, 0.29) is 23.8 Å². The van der Waals surface area contributed by atoms with E-state index in [1.807, 2.05) is 0 Å². The Hall–Kier alpha value is -2.37. The average Bonchev–Trinajstić information content (AvgIpc) is 3.06. The molecule has 5 nitrogen and oxygen atoms in total. The molecule has 0 saturated heterocycles. The Balaban J connectivity index is 1.54. The van der Waals surface area contributed by atoms with E-state index in [9.17, 15) is 9.18 Å². The van der Waals surface area contributed by atoms with E-state index in [0.29, 0.717) is 5.82 Å². The first-order valence-electron chi connectivity index (χ1n) is 6.44. The molecular weight excluding hydrogens is 259 g/mol. The van der Waals surface area contributed by atoms with Crippen LogP contribution in [-0.2, 0) is 7.05 Å². The van der Waals surface area contributed by atoms with Gasteiger partial charge in [-0.2, -0.15) is 5.10 Å². The van der Waals surface area contributed by atoms with Crippen LogP contribution >= 0.6 is 0 Å². The molecule has 1 saturated carbocycles. The highest BCUT2D eigenvalue weighted by molar-refractivity contribution is 5.88. The predicted molar refractivity (Wildman–Crippen MR) is 72.9 cm³/mol. The number of halogens is 1. The lowest BCUT2D eigenvalue weighted by Gasteiger charge is -2.07. The highest BCUT2D eigenvalue weighted by Gasteiger charge is 2.39. The molecule has 1 aliphatic carbocycles. The van der Waals surface area contributed by atoms with Gasteiger partial charge in [-0.25, -0.2) is 9.18 Å². The van der Waals surface area contributed by atoms with Gasteiger partial charge in [0.2, 0.25) is 0 Å². The summed E-state index contributed by atoms with van der Waals surface area (Å²) in [5.41, 5.74) is 1.05. The number of carbonyl (C=O) groups is 1. The standard InChI is InChI=1S/C14H15FN4O/c1-19-13(6-7-16-19)18-14(20)17-12-8-11(12)9-2-4-10(15)5-3-9/h2-7,11-12H,8H2,1H3,(H2,17,18,20)/t11-,12+/m0/s1. The molecule has 3 rings (SSSR count). The van der Waals surface area contributed by atoms with Crippen LogP contribution in [-0.4, -0.2) is 21.9 Å². The third-order valence-corrected chi connectivity index (χ3v) is 3.47. The molecule has 104 valence electrons. The van der Waals surface area contributed by atoms with Crippen molar-refractivity contribution in [2.24, 2.45) is 7.05 Å². The Kier molecular flexibility index (Phi) is 3.14. The van der Waals surface area contributed by atoms with Crippen LogP contribution in [0.5, 0.6) is 0 Å². The Labute approximate surface area is 115 Å². The van der Waals surface area contributed by atoms with Gasteiger partial charge in [-0.3, -0.25) is 10.00 Å². The van der Waals surface area contributed by atoms with Gasteiger partial charge >= 0.3 is 6.03 Å². The van der Waals surface area contributed by atoms with Crippen LogP contribution in [0.25, 0.3) is 0 Å². The highest BCUT2D eigenvalue weighted by Crippen LogP contribution is 2.40. The van der Waals surface area contributed by atoms with Gasteiger partial charge in [0.25, 0.3) is 0 Å². The quantitative estimate of drug-likeness (QED) is 0.901. The number of rotatable bonds is 3. The van der Waals surface area contributed by atoms with Gasteiger partial charge in [0, 0.05) is 25.1 Å². The van der Waals surface area contributed by atoms with Crippen LogP contribution in [0.3, 0.4) is 0 Å². The summed E-state index contributed by atoms with van der Waals surface area (Å²) in [6, 6.07) is 8.00. The van der Waals surface area contributed by atoms with Gasteiger partial charge in [-0.1, -0.05) is 12.1 Å². The Morgan fingerprint density at radius 1 is 1.35 bits per heavy atom. The normalized spacial score (nSPS) is 20.5. The van der Waals surface area contributed by atoms with Crippen LogP contribution in [0.1, 0.15) is 17.9 Å². The molecule has 2 aromatic rings. The molecule has 0 bridgehead atoms. The smallest absolute Gasteiger partial charge is 0.320 e. The lowest BCUT2D eigenvalue weighted by molar-refractivity contribution is 0.251. The van der Waals surface area contributed by atoms with E-state index in [1.165, 1.54) is 12.1 Å². The van der Waals surface area contributed by atoms with Crippen molar-refractivity contribution in [3.8, 4) is 0 Å². The summed E-state index contributed by atoms with van der Waals surface area (Å²) in [5, 5.41) is 9.60. The van der Waals surface area contributed by atoms with Crippen molar-refractivity contribution in [2.45, 2.75) is 18.4 Å². The molecular formula is C14H15FN4O. The fraction of sp³-hybridized carbons (Fsp3) is 0.286. The van der Waals surface area contributed by atoms with Crippen molar-refractivity contribution in [2.75, 3.05) is 5.32 Å². The monoisotopic (exact) mass is 274 g/mol. The maximum atomic E-state index is 12.8. The summed E-state index contributed by atoms with van der Waals surface area (Å²) in [4.78, 5) is 11.8. The first-order chi connectivity index (χ1) is 9.63. The van der Waals surface area contributed by atoms with Crippen LogP contribution in [0.2, 0.25) is 0 Å². The molecule has 6 heteroatoms. The number of amides is 2. The fourth-order valence-corrected chi connectivity index (χ4v) is 2.25. The predicted octanol–water partition coefficient (Wildman–Crippen LogP) is 2.24. The molecule has 1 fully saturated rings. The maximum Gasteiger partial charge on any atom is 0.320 e. The van der Waals surface area contributed by atoms with Crippen molar-refractivity contribution in [1.82, 2.24) is 15.1 Å². The average molecular weight is 274 g/mol. The number of urea groups is 1. The van der Waals surface area contributed by atoms with Gasteiger partial charge in [-0.05, 0) is 24.1 Å². The van der Waals surface area contributed by atoms with E-state index in [2.05, 4.69) is 15.7 Å². The minimum absolute atomic E-state index is 0.105. The molecule has 0 radical (unpaired) electrons. The van der Waals surface area contributed by atoms with Crippen molar-refractivity contribution in [3.05, 3.63) is 47.9 Å². The highest BCUT2D eigenvalue weighted by atomic mass is 19.1. The molecule has 2 N–H and O–H groups in total. The Morgan fingerprint density at radius 3 is 2.75 bits per heavy atom. The van der Waals surface area contributed by atoms with Gasteiger partial charge in [-0.15, -0.1) is 0 Å². The van der Waals surface area contributed by atoms with E-state index < -0.39 is 0 Å². The zero-order valence-electron chi connectivity index (χ0n) is 11.0. The topological polar surface area (TPSA) is 59.0 Å². The number of aryl methyl sites for hydroxylation is 1. The summed E-state index contributed by atoms with van der Waals surface area (Å²) in [6.07, 6.45) is 2.50. The Morgan fingerprint density at radius 2 is 2.10 bits per heavy atom. The maximum absolute atomic E-state index is 12.8. The van der Waals surface area contributed by atoms with E-state index in [4.69, 9.17) is 0 Å². The molecule has 1 aromatic heterocycles. The van der Waals surface area contributed by atoms with E-state index in [0.717, 1.165) is 12.0 Å². The van der Waals surface area contributed by atoms with Crippen LogP contribution in [0.15, 0.2) is 36.5 Å². The molecule has 1 aliphatic rings. The number of benzene rings is 1. The van der Waals surface area contributed by atoms with Gasteiger partial charge < -0.3 is 5.32 Å². The second-order valence-electron chi connectivity index (χ2n) is 4.94. The molecule has 0 unspecified atom stereocenters. The summed E-state index contributed by atoms with van der Waals surface area (Å²) in [6.45, 7) is 0. The number of hydrogen-bond donors (Lipinski definition) is 2. The van der Waals surface area contributed by atoms with Gasteiger partial charge in [0.1, 0.15) is 11.6 Å². The number of nitrogens with zero attached hydrogens (tertiary/aromatic N) is 2. The largest absolute Gasteiger partial charge is 0.334 e. The minimum Gasteiger partial charge on any atom is -0.334 e. The van der Waals surface area contributed by atoms with Gasteiger partial charge in [0.15, 0.2) is 0 Å². The van der Waals surface area contributed by atoms with Crippen molar-refractivity contribution < 1.29 is 9.18 Å². The Bertz CT molecular complexity index is 622. The summed E-state index contributed by atoms with van der Waals surface area (Å²) < 4.78 is 14.4. The number of carbonyl (C=O) groups excluding carboxylic acids is 1. The third kappa shape index (κ3) is 2.64. The molecule has 0 spiro atoms. The number of anilines is 1. The third-order valence-electron chi connectivity index (χ3n) is 3.47. The van der Waals surface area contributed by atoms with Crippen LogP contribution < -0.4 is 10.6 Å².